The molecule has 0 atom stereocenters. The van der Waals surface area contributed by atoms with E-state index in [9.17, 15) is 14.9 Å². The van der Waals surface area contributed by atoms with Crippen molar-refractivity contribution in [2.45, 2.75) is 6.61 Å². The molecule has 4 aromatic rings. The van der Waals surface area contributed by atoms with E-state index in [4.69, 9.17) is 9.47 Å². The second kappa shape index (κ2) is 7.93. The zero-order valence-corrected chi connectivity index (χ0v) is 15.3. The summed E-state index contributed by atoms with van der Waals surface area (Å²) in [6.07, 6.45) is 0. The van der Waals surface area contributed by atoms with Crippen LogP contribution in [-0.2, 0) is 16.1 Å². The molecule has 0 aliphatic heterocycles. The van der Waals surface area contributed by atoms with Crippen LogP contribution in [0.1, 0.15) is 5.69 Å². The molecule has 0 spiro atoms. The van der Waals surface area contributed by atoms with Gasteiger partial charge in [-0.1, -0.05) is 54.6 Å². The Balaban J connectivity index is 1.50. The number of pyridine rings is 1. The van der Waals surface area contributed by atoms with Gasteiger partial charge in [-0.15, -0.1) is 0 Å². The summed E-state index contributed by atoms with van der Waals surface area (Å²) < 4.78 is 10.6. The highest BCUT2D eigenvalue weighted by Gasteiger charge is 2.16. The third-order valence-corrected chi connectivity index (χ3v) is 4.46. The third kappa shape index (κ3) is 3.84. The van der Waals surface area contributed by atoms with Crippen LogP contribution in [-0.4, -0.2) is 22.5 Å². The summed E-state index contributed by atoms with van der Waals surface area (Å²) >= 11 is 0. The van der Waals surface area contributed by atoms with Crippen LogP contribution >= 0.6 is 0 Å². The van der Waals surface area contributed by atoms with E-state index >= 15 is 0 Å². The van der Waals surface area contributed by atoms with Gasteiger partial charge in [0.05, 0.1) is 16.1 Å². The first-order chi connectivity index (χ1) is 14.1. The number of para-hydroxylation sites is 3. The van der Waals surface area contributed by atoms with Crippen molar-refractivity contribution in [3.8, 4) is 5.75 Å². The van der Waals surface area contributed by atoms with Gasteiger partial charge in [0.25, 0.3) is 0 Å². The molecule has 1 heterocycles. The average Bonchev–Trinajstić information content (AvgIpc) is 2.76. The first-order valence-electron chi connectivity index (χ1n) is 8.91. The molecule has 1 aromatic heterocycles. The minimum absolute atomic E-state index is 0.0173. The Labute approximate surface area is 165 Å². The summed E-state index contributed by atoms with van der Waals surface area (Å²) in [5.41, 5.74) is 1.24. The summed E-state index contributed by atoms with van der Waals surface area (Å²) in [5.74, 6) is -0.620. The first-order valence-corrected chi connectivity index (χ1v) is 8.91. The number of benzene rings is 3. The maximum absolute atomic E-state index is 12.1. The van der Waals surface area contributed by atoms with E-state index in [1.54, 1.807) is 6.07 Å². The van der Waals surface area contributed by atoms with Crippen molar-refractivity contribution < 1.29 is 19.2 Å². The molecule has 0 radical (unpaired) electrons. The summed E-state index contributed by atoms with van der Waals surface area (Å²) in [5, 5.41) is 14.0. The van der Waals surface area contributed by atoms with Crippen LogP contribution in [0.2, 0.25) is 0 Å². The van der Waals surface area contributed by atoms with Crippen LogP contribution in [0.3, 0.4) is 0 Å². The summed E-state index contributed by atoms with van der Waals surface area (Å²) in [6, 6.07) is 21.4. The molecule has 0 aliphatic rings. The van der Waals surface area contributed by atoms with E-state index in [-0.39, 0.29) is 18.0 Å². The van der Waals surface area contributed by atoms with Crippen LogP contribution < -0.4 is 4.74 Å². The Kier molecular flexibility index (Phi) is 5.03. The Morgan fingerprint density at radius 1 is 0.897 bits per heavy atom. The second-order valence-electron chi connectivity index (χ2n) is 6.30. The Bertz CT molecular complexity index is 1220. The number of rotatable bonds is 6. The van der Waals surface area contributed by atoms with Crippen molar-refractivity contribution in [3.63, 3.8) is 0 Å². The van der Waals surface area contributed by atoms with E-state index in [0.29, 0.717) is 5.69 Å². The van der Waals surface area contributed by atoms with Crippen LogP contribution in [0.15, 0.2) is 72.8 Å². The van der Waals surface area contributed by atoms with E-state index in [1.165, 1.54) is 18.2 Å². The van der Waals surface area contributed by atoms with Gasteiger partial charge >= 0.3 is 11.7 Å². The van der Waals surface area contributed by atoms with Crippen molar-refractivity contribution in [2.24, 2.45) is 0 Å². The Morgan fingerprint density at radius 3 is 2.34 bits per heavy atom. The van der Waals surface area contributed by atoms with Crippen LogP contribution in [0.25, 0.3) is 21.7 Å². The van der Waals surface area contributed by atoms with Crippen molar-refractivity contribution in [1.82, 2.24) is 4.98 Å². The number of carbonyl (C=O) groups excluding carboxylic acids is 1. The van der Waals surface area contributed by atoms with Gasteiger partial charge in [-0.3, -0.25) is 10.1 Å². The number of nitrogens with zero attached hydrogens (tertiary/aromatic N) is 2. The summed E-state index contributed by atoms with van der Waals surface area (Å²) in [7, 11) is 0. The minimum atomic E-state index is -0.637. The zero-order valence-electron chi connectivity index (χ0n) is 15.3. The zero-order chi connectivity index (χ0) is 20.2. The average molecular weight is 388 g/mol. The maximum atomic E-state index is 12.1. The SMILES string of the molecule is O=C(COc1ccccc1[N+](=O)[O-])OCc1nc2ccccc2c2ccccc12. The highest BCUT2D eigenvalue weighted by molar-refractivity contribution is 6.06. The molecule has 4 rings (SSSR count). The number of fused-ring (bicyclic) bond motifs is 3. The number of hydrogen-bond donors (Lipinski definition) is 0. The number of esters is 1. The normalized spacial score (nSPS) is 10.8. The number of nitro groups is 1. The smallest absolute Gasteiger partial charge is 0.344 e. The number of ether oxygens (including phenoxy) is 2. The first kappa shape index (κ1) is 18.4. The fourth-order valence-corrected chi connectivity index (χ4v) is 3.14. The van der Waals surface area contributed by atoms with Crippen LogP contribution in [0, 0.1) is 10.1 Å². The molecule has 0 fully saturated rings. The largest absolute Gasteiger partial charge is 0.475 e. The van der Waals surface area contributed by atoms with Crippen LogP contribution in [0.5, 0.6) is 5.75 Å². The molecule has 0 unspecified atom stereocenters. The van der Waals surface area contributed by atoms with Gasteiger partial charge < -0.3 is 9.47 Å². The van der Waals surface area contributed by atoms with E-state index < -0.39 is 17.5 Å². The topological polar surface area (TPSA) is 91.6 Å². The fourth-order valence-electron chi connectivity index (χ4n) is 3.14. The molecule has 29 heavy (non-hydrogen) atoms. The highest BCUT2D eigenvalue weighted by atomic mass is 16.6. The summed E-state index contributed by atoms with van der Waals surface area (Å²) in [6.45, 7) is -0.458. The van der Waals surface area contributed by atoms with Crippen molar-refractivity contribution in [1.29, 1.82) is 0 Å². The number of carbonyl (C=O) groups is 1. The lowest BCUT2D eigenvalue weighted by Gasteiger charge is -2.11. The molecule has 0 N–H and O–H groups in total. The predicted molar refractivity (Wildman–Crippen MR) is 108 cm³/mol. The molecule has 3 aromatic carbocycles. The van der Waals surface area contributed by atoms with Gasteiger partial charge in [0.15, 0.2) is 12.4 Å². The number of hydrogen-bond acceptors (Lipinski definition) is 6. The lowest BCUT2D eigenvalue weighted by atomic mass is 10.0. The molecule has 0 saturated heterocycles. The monoisotopic (exact) mass is 388 g/mol. The molecule has 7 heteroatoms. The molecule has 0 bridgehead atoms. The van der Waals surface area contributed by atoms with Gasteiger partial charge in [-0.2, -0.15) is 0 Å². The Hall–Kier alpha value is -4.00. The molecule has 144 valence electrons. The Morgan fingerprint density at radius 2 is 1.55 bits per heavy atom. The molecular weight excluding hydrogens is 372 g/mol. The summed E-state index contributed by atoms with van der Waals surface area (Å²) in [4.78, 5) is 27.2. The lowest BCUT2D eigenvalue weighted by Crippen LogP contribution is -2.15. The van der Waals surface area contributed by atoms with Crippen LogP contribution in [0.4, 0.5) is 5.69 Å². The van der Waals surface area contributed by atoms with E-state index in [2.05, 4.69) is 4.98 Å². The number of aromatic nitrogens is 1. The minimum Gasteiger partial charge on any atom is -0.475 e. The van der Waals surface area contributed by atoms with Gasteiger partial charge in [0, 0.05) is 16.8 Å². The molecule has 0 saturated carbocycles. The van der Waals surface area contributed by atoms with E-state index in [0.717, 1.165) is 21.7 Å². The van der Waals surface area contributed by atoms with Crippen molar-refractivity contribution >= 4 is 33.3 Å². The molecule has 0 amide bonds. The van der Waals surface area contributed by atoms with E-state index in [1.807, 2.05) is 48.5 Å². The van der Waals surface area contributed by atoms with Crippen molar-refractivity contribution in [3.05, 3.63) is 88.6 Å². The standard InChI is InChI=1S/C22H16N2O5/c25-22(14-28-21-12-6-5-11-20(21)24(26)27)29-13-19-17-9-2-1-7-15(17)16-8-3-4-10-18(16)23-19/h1-12H,13-14H2. The van der Waals surface area contributed by atoms with Gasteiger partial charge in [-0.25, -0.2) is 9.78 Å². The quantitative estimate of drug-likeness (QED) is 0.210. The fraction of sp³-hybridized carbons (Fsp3) is 0.0909. The van der Waals surface area contributed by atoms with Gasteiger partial charge in [0.2, 0.25) is 0 Å². The maximum Gasteiger partial charge on any atom is 0.344 e. The second-order valence-corrected chi connectivity index (χ2v) is 6.30. The van der Waals surface area contributed by atoms with Crippen molar-refractivity contribution in [2.75, 3.05) is 6.61 Å². The van der Waals surface area contributed by atoms with Gasteiger partial charge in [0.1, 0.15) is 6.61 Å². The van der Waals surface area contributed by atoms with Gasteiger partial charge in [-0.05, 0) is 17.5 Å². The molecule has 0 aliphatic carbocycles. The molecule has 7 nitrogen and oxygen atoms in total. The number of nitro benzene ring substituents is 1. The lowest BCUT2D eigenvalue weighted by molar-refractivity contribution is -0.385. The highest BCUT2D eigenvalue weighted by Crippen LogP contribution is 2.27. The molecular formula is C22H16N2O5. The third-order valence-electron chi connectivity index (χ3n) is 4.46. The predicted octanol–water partition coefficient (Wildman–Crippen LogP) is 4.42.